The molecular weight excluding hydrogens is 439 g/mol. The quantitative estimate of drug-likeness (QED) is 0.438. The van der Waals surface area contributed by atoms with Crippen molar-refractivity contribution < 1.29 is 9.59 Å². The number of nitrogens with zero attached hydrogens (tertiary/aromatic N) is 1. The number of pyridine rings is 1. The number of amides is 1. The largest absolute Gasteiger partial charge is 0.325 e. The molecule has 1 aliphatic carbocycles. The minimum atomic E-state index is -0.355. The molecule has 1 amide bonds. The van der Waals surface area contributed by atoms with Crippen LogP contribution in [0.3, 0.4) is 0 Å². The number of rotatable bonds is 7. The van der Waals surface area contributed by atoms with Gasteiger partial charge < -0.3 is 5.32 Å². The van der Waals surface area contributed by atoms with Crippen molar-refractivity contribution in [3.63, 3.8) is 0 Å². The standard InChI is InChI=1S/C23H26Cl2N2O2S/c1-15(2)7-10-23(8-3-4-9-23)22(29)27-19-12-17(24)18(25)13-20(19)30-21(28)16-6-5-11-26-14-16/h5-6,11-15H,3-4,7-10H2,1-2H3,(H,27,29). The Morgan fingerprint density at radius 1 is 1.20 bits per heavy atom. The number of halogens is 2. The van der Waals surface area contributed by atoms with Crippen LogP contribution in [0.25, 0.3) is 0 Å². The first-order chi connectivity index (χ1) is 14.3. The van der Waals surface area contributed by atoms with Crippen LogP contribution in [0.15, 0.2) is 41.6 Å². The number of hydrogen-bond donors (Lipinski definition) is 1. The molecule has 1 aliphatic rings. The average Bonchev–Trinajstić information content (AvgIpc) is 3.21. The zero-order valence-corrected chi connectivity index (χ0v) is 19.5. The molecule has 0 spiro atoms. The lowest BCUT2D eigenvalue weighted by Gasteiger charge is -2.29. The third-order valence-corrected chi connectivity index (χ3v) is 7.31. The molecule has 0 unspecified atom stereocenters. The van der Waals surface area contributed by atoms with Gasteiger partial charge in [0.15, 0.2) is 0 Å². The van der Waals surface area contributed by atoms with E-state index >= 15 is 0 Å². The van der Waals surface area contributed by atoms with Gasteiger partial charge in [0.2, 0.25) is 11.0 Å². The minimum Gasteiger partial charge on any atom is -0.325 e. The van der Waals surface area contributed by atoms with Crippen LogP contribution in [0.5, 0.6) is 0 Å². The van der Waals surface area contributed by atoms with Gasteiger partial charge in [0.1, 0.15) is 0 Å². The fourth-order valence-electron chi connectivity index (χ4n) is 3.82. The van der Waals surface area contributed by atoms with E-state index in [1.54, 1.807) is 30.5 Å². The molecule has 30 heavy (non-hydrogen) atoms. The van der Waals surface area contributed by atoms with E-state index < -0.39 is 0 Å². The SMILES string of the molecule is CC(C)CCC1(C(=O)Nc2cc(Cl)c(Cl)cc2SC(=O)c2cccnc2)CCCC1. The lowest BCUT2D eigenvalue weighted by atomic mass is 9.79. The van der Waals surface area contributed by atoms with Crippen LogP contribution in [-0.2, 0) is 4.79 Å². The number of anilines is 1. The fourth-order valence-corrected chi connectivity index (χ4v) is 5.04. The van der Waals surface area contributed by atoms with Crippen LogP contribution in [0.2, 0.25) is 10.0 Å². The van der Waals surface area contributed by atoms with Crippen LogP contribution >= 0.6 is 35.0 Å². The van der Waals surface area contributed by atoms with Gasteiger partial charge in [-0.15, -0.1) is 0 Å². The molecule has 1 N–H and O–H groups in total. The molecule has 0 bridgehead atoms. The Balaban J connectivity index is 1.85. The topological polar surface area (TPSA) is 59.1 Å². The lowest BCUT2D eigenvalue weighted by molar-refractivity contribution is -0.125. The van der Waals surface area contributed by atoms with Crippen LogP contribution in [0.1, 0.15) is 62.7 Å². The first-order valence-corrected chi connectivity index (χ1v) is 11.8. The van der Waals surface area contributed by atoms with E-state index in [4.69, 9.17) is 23.2 Å². The van der Waals surface area contributed by atoms with Gasteiger partial charge in [0, 0.05) is 28.3 Å². The van der Waals surface area contributed by atoms with E-state index in [2.05, 4.69) is 24.1 Å². The molecule has 1 heterocycles. The van der Waals surface area contributed by atoms with Crippen molar-refractivity contribution >= 4 is 51.7 Å². The van der Waals surface area contributed by atoms with Crippen molar-refractivity contribution in [2.75, 3.05) is 5.32 Å². The maximum absolute atomic E-state index is 13.4. The van der Waals surface area contributed by atoms with Gasteiger partial charge in [0.25, 0.3) is 0 Å². The summed E-state index contributed by atoms with van der Waals surface area (Å²) in [6.45, 7) is 4.36. The van der Waals surface area contributed by atoms with Crippen LogP contribution < -0.4 is 5.32 Å². The highest BCUT2D eigenvalue weighted by atomic mass is 35.5. The third kappa shape index (κ3) is 5.57. The van der Waals surface area contributed by atoms with Gasteiger partial charge in [-0.1, -0.05) is 49.9 Å². The fraction of sp³-hybridized carbons (Fsp3) is 0.435. The molecule has 7 heteroatoms. The zero-order valence-electron chi connectivity index (χ0n) is 17.2. The molecule has 0 saturated heterocycles. The Hall–Kier alpha value is -1.56. The summed E-state index contributed by atoms with van der Waals surface area (Å²) in [4.78, 5) is 30.6. The van der Waals surface area contributed by atoms with Crippen molar-refractivity contribution in [3.8, 4) is 0 Å². The molecule has 4 nitrogen and oxygen atoms in total. The number of nitrogens with one attached hydrogen (secondary N) is 1. The Morgan fingerprint density at radius 2 is 1.90 bits per heavy atom. The molecule has 3 rings (SSSR count). The summed E-state index contributed by atoms with van der Waals surface area (Å²) in [6.07, 6.45) is 8.93. The predicted octanol–water partition coefficient (Wildman–Crippen LogP) is 7.26. The summed E-state index contributed by atoms with van der Waals surface area (Å²) in [7, 11) is 0. The van der Waals surface area contributed by atoms with Gasteiger partial charge in [-0.2, -0.15) is 0 Å². The number of hydrogen-bond acceptors (Lipinski definition) is 4. The summed E-state index contributed by atoms with van der Waals surface area (Å²) >= 11 is 13.5. The van der Waals surface area contributed by atoms with Gasteiger partial charge in [-0.3, -0.25) is 14.6 Å². The molecule has 2 aromatic rings. The van der Waals surface area contributed by atoms with Gasteiger partial charge in [-0.25, -0.2) is 0 Å². The van der Waals surface area contributed by atoms with E-state index in [1.807, 2.05) is 0 Å². The highest BCUT2D eigenvalue weighted by Crippen LogP contribution is 2.45. The first kappa shape index (κ1) is 23.1. The number of carbonyl (C=O) groups excluding carboxylic acids is 2. The van der Waals surface area contributed by atoms with Crippen molar-refractivity contribution in [3.05, 3.63) is 52.3 Å². The molecular formula is C23H26Cl2N2O2S. The van der Waals surface area contributed by atoms with Gasteiger partial charge in [-0.05, 0) is 67.6 Å². The molecule has 1 aromatic carbocycles. The highest BCUT2D eigenvalue weighted by Gasteiger charge is 2.41. The third-order valence-electron chi connectivity index (χ3n) is 5.61. The second kappa shape index (κ2) is 10.2. The Bertz CT molecular complexity index is 913. The van der Waals surface area contributed by atoms with Crippen molar-refractivity contribution in [2.24, 2.45) is 11.3 Å². The molecule has 0 aliphatic heterocycles. The summed E-state index contributed by atoms with van der Waals surface area (Å²) in [5, 5.41) is 3.58. The Labute approximate surface area is 192 Å². The number of aromatic nitrogens is 1. The molecule has 1 fully saturated rings. The zero-order chi connectivity index (χ0) is 21.7. The molecule has 1 saturated carbocycles. The van der Waals surface area contributed by atoms with Crippen LogP contribution in [0.4, 0.5) is 5.69 Å². The summed E-state index contributed by atoms with van der Waals surface area (Å²) in [6, 6.07) is 6.68. The van der Waals surface area contributed by atoms with E-state index in [9.17, 15) is 9.59 Å². The Morgan fingerprint density at radius 3 is 2.53 bits per heavy atom. The second-order valence-electron chi connectivity index (χ2n) is 8.27. The maximum Gasteiger partial charge on any atom is 0.230 e. The monoisotopic (exact) mass is 464 g/mol. The first-order valence-electron chi connectivity index (χ1n) is 10.2. The minimum absolute atomic E-state index is 0.00900. The summed E-state index contributed by atoms with van der Waals surface area (Å²) in [5.74, 6) is 0.554. The van der Waals surface area contributed by atoms with Crippen molar-refractivity contribution in [2.45, 2.75) is 57.3 Å². The maximum atomic E-state index is 13.4. The van der Waals surface area contributed by atoms with Crippen molar-refractivity contribution in [1.82, 2.24) is 4.98 Å². The van der Waals surface area contributed by atoms with Crippen LogP contribution in [-0.4, -0.2) is 16.0 Å². The van der Waals surface area contributed by atoms with E-state index in [1.165, 1.54) is 6.20 Å². The van der Waals surface area contributed by atoms with E-state index in [0.29, 0.717) is 32.1 Å². The van der Waals surface area contributed by atoms with E-state index in [-0.39, 0.29) is 16.4 Å². The van der Waals surface area contributed by atoms with E-state index in [0.717, 1.165) is 50.3 Å². The molecule has 0 atom stereocenters. The number of benzene rings is 1. The second-order valence-corrected chi connectivity index (χ2v) is 10.1. The smallest absolute Gasteiger partial charge is 0.230 e. The predicted molar refractivity (Wildman–Crippen MR) is 124 cm³/mol. The lowest BCUT2D eigenvalue weighted by Crippen LogP contribution is -2.34. The van der Waals surface area contributed by atoms with Gasteiger partial charge in [0.05, 0.1) is 15.7 Å². The van der Waals surface area contributed by atoms with Crippen molar-refractivity contribution in [1.29, 1.82) is 0 Å². The number of carbonyl (C=O) groups is 2. The van der Waals surface area contributed by atoms with Crippen LogP contribution in [0, 0.1) is 11.3 Å². The molecule has 0 radical (unpaired) electrons. The van der Waals surface area contributed by atoms with Gasteiger partial charge >= 0.3 is 0 Å². The Kier molecular flexibility index (Phi) is 7.83. The summed E-state index contributed by atoms with van der Waals surface area (Å²) < 4.78 is 0. The molecule has 160 valence electrons. The number of thioether (sulfide) groups is 1. The average molecular weight is 465 g/mol. The molecule has 1 aromatic heterocycles. The summed E-state index contributed by atoms with van der Waals surface area (Å²) in [5.41, 5.74) is 0.647. The highest BCUT2D eigenvalue weighted by molar-refractivity contribution is 8.14. The normalized spacial score (nSPS) is 15.4.